The van der Waals surface area contributed by atoms with Crippen LogP contribution in [0.1, 0.15) is 25.7 Å². The van der Waals surface area contributed by atoms with E-state index in [0.29, 0.717) is 23.8 Å². The van der Waals surface area contributed by atoms with Crippen LogP contribution in [0.4, 0.5) is 0 Å². The fourth-order valence-corrected chi connectivity index (χ4v) is 2.12. The summed E-state index contributed by atoms with van der Waals surface area (Å²) in [5.41, 5.74) is 0. The Morgan fingerprint density at radius 2 is 2.10 bits per heavy atom. The van der Waals surface area contributed by atoms with Gasteiger partial charge in [0, 0.05) is 6.42 Å². The maximum absolute atomic E-state index is 11.1. The van der Waals surface area contributed by atoms with E-state index in [1.807, 2.05) is 0 Å². The molecule has 3 atom stereocenters. The van der Waals surface area contributed by atoms with Gasteiger partial charge in [0.25, 0.3) is 0 Å². The average Bonchev–Trinajstić information content (AvgIpc) is 2.34. The lowest BCUT2D eigenvalue weighted by Gasteiger charge is -2.29. The van der Waals surface area contributed by atoms with Crippen molar-refractivity contribution in [2.75, 3.05) is 6.67 Å². The Labute approximate surface area is 61.0 Å². The summed E-state index contributed by atoms with van der Waals surface area (Å²) in [6.45, 7) is 0.634. The lowest BCUT2D eigenvalue weighted by Crippen LogP contribution is -3.10. The van der Waals surface area contributed by atoms with Crippen LogP contribution in [0, 0.1) is 5.21 Å². The van der Waals surface area contributed by atoms with Gasteiger partial charge >= 0.3 is 0 Å². The summed E-state index contributed by atoms with van der Waals surface area (Å²) in [5, 5.41) is 14.9. The first-order valence-electron chi connectivity index (χ1n) is 4.14. The van der Waals surface area contributed by atoms with E-state index < -0.39 is 0 Å². The number of nitrogens with one attached hydrogen (secondary N) is 2. The molecule has 0 bridgehead atoms. The number of hydrogen-bond donors (Lipinski definition) is 2. The summed E-state index contributed by atoms with van der Waals surface area (Å²) >= 11 is 0. The van der Waals surface area contributed by atoms with Crippen LogP contribution in [0.3, 0.4) is 0 Å². The minimum atomic E-state index is 0.383. The van der Waals surface area contributed by atoms with Crippen LogP contribution >= 0.6 is 0 Å². The maximum Gasteiger partial charge on any atom is 0.131 e. The molecule has 2 aliphatic rings. The number of hydrogen-bond acceptors (Lipinski definition) is 2. The van der Waals surface area contributed by atoms with Gasteiger partial charge in [-0.15, -0.1) is 0 Å². The maximum atomic E-state index is 11.1. The van der Waals surface area contributed by atoms with Crippen LogP contribution in [0.25, 0.3) is 0 Å². The molecule has 1 saturated heterocycles. The third-order valence-electron chi connectivity index (χ3n) is 2.72. The molecular weight excluding hydrogens is 128 g/mol. The van der Waals surface area contributed by atoms with E-state index in [9.17, 15) is 5.21 Å². The quantitative estimate of drug-likeness (QED) is 0.436. The molecule has 0 radical (unpaired) electrons. The second-order valence-electron chi connectivity index (χ2n) is 3.34. The molecule has 1 saturated carbocycles. The van der Waals surface area contributed by atoms with Crippen molar-refractivity contribution >= 4 is 0 Å². The van der Waals surface area contributed by atoms with Crippen molar-refractivity contribution in [3.63, 3.8) is 0 Å². The highest BCUT2D eigenvalue weighted by Gasteiger charge is 2.34. The van der Waals surface area contributed by atoms with E-state index in [1.165, 1.54) is 19.3 Å². The van der Waals surface area contributed by atoms with E-state index in [-0.39, 0.29) is 0 Å². The summed E-state index contributed by atoms with van der Waals surface area (Å²) < 4.78 is 0. The van der Waals surface area contributed by atoms with E-state index in [4.69, 9.17) is 0 Å². The Morgan fingerprint density at radius 3 is 2.90 bits per heavy atom. The molecule has 58 valence electrons. The third-order valence-corrected chi connectivity index (χ3v) is 2.72. The Kier molecular flexibility index (Phi) is 1.64. The zero-order valence-corrected chi connectivity index (χ0v) is 6.10. The van der Waals surface area contributed by atoms with Gasteiger partial charge in [-0.3, -0.25) is 5.32 Å². The van der Waals surface area contributed by atoms with Crippen molar-refractivity contribution < 1.29 is 5.06 Å². The van der Waals surface area contributed by atoms with Crippen molar-refractivity contribution in [3.8, 4) is 0 Å². The van der Waals surface area contributed by atoms with Gasteiger partial charge in [-0.2, -0.15) is 0 Å². The van der Waals surface area contributed by atoms with Gasteiger partial charge in [0.05, 0.1) is 6.04 Å². The zero-order chi connectivity index (χ0) is 6.97. The monoisotopic (exact) mass is 142 g/mol. The van der Waals surface area contributed by atoms with Crippen LogP contribution in [0.5, 0.6) is 0 Å². The van der Waals surface area contributed by atoms with Gasteiger partial charge in [-0.05, 0) is 12.8 Å². The molecule has 3 unspecified atom stereocenters. The Hall–Kier alpha value is -0.120. The molecule has 1 aliphatic heterocycles. The van der Waals surface area contributed by atoms with E-state index >= 15 is 0 Å². The molecule has 0 aromatic carbocycles. The lowest BCUT2D eigenvalue weighted by molar-refractivity contribution is -0.863. The molecule has 2 N–H and O–H groups in total. The molecule has 1 heterocycles. The standard InChI is InChI=1S/C7H14N2O/c10-9-5-8-6-3-1-2-4-7(6)9/h6-9H,1-5H2. The Balaban J connectivity index is 2.01. The number of rotatable bonds is 0. The third kappa shape index (κ3) is 0.944. The lowest BCUT2D eigenvalue weighted by atomic mass is 9.92. The predicted octanol–water partition coefficient (Wildman–Crippen LogP) is -0.759. The highest BCUT2D eigenvalue weighted by atomic mass is 16.5. The molecule has 0 aromatic heterocycles. The van der Waals surface area contributed by atoms with Gasteiger partial charge in [0.15, 0.2) is 0 Å². The van der Waals surface area contributed by atoms with Crippen LogP contribution in [-0.4, -0.2) is 18.8 Å². The van der Waals surface area contributed by atoms with Crippen LogP contribution in [0.2, 0.25) is 0 Å². The minimum absolute atomic E-state index is 0.383. The van der Waals surface area contributed by atoms with E-state index in [1.54, 1.807) is 0 Å². The first-order valence-corrected chi connectivity index (χ1v) is 4.14. The normalized spacial score (nSPS) is 47.1. The molecule has 3 nitrogen and oxygen atoms in total. The second kappa shape index (κ2) is 2.49. The summed E-state index contributed by atoms with van der Waals surface area (Å²) in [6, 6.07) is 0.926. The topological polar surface area (TPSA) is 39.5 Å². The average molecular weight is 142 g/mol. The van der Waals surface area contributed by atoms with Gasteiger partial charge in [0.2, 0.25) is 0 Å². The number of hydroxylamine groups is 2. The summed E-state index contributed by atoms with van der Waals surface area (Å²) in [5.74, 6) is 0. The minimum Gasteiger partial charge on any atom is -0.633 e. The van der Waals surface area contributed by atoms with Crippen LogP contribution < -0.4 is 10.4 Å². The Morgan fingerprint density at radius 1 is 1.30 bits per heavy atom. The van der Waals surface area contributed by atoms with Crippen LogP contribution in [0.15, 0.2) is 0 Å². The highest BCUT2D eigenvalue weighted by Crippen LogP contribution is 2.17. The molecule has 2 fully saturated rings. The molecule has 1 aliphatic carbocycles. The summed E-state index contributed by atoms with van der Waals surface area (Å²) in [6.07, 6.45) is 4.92. The van der Waals surface area contributed by atoms with Gasteiger partial charge in [-0.25, -0.2) is 0 Å². The SMILES string of the molecule is [O-][NH+]1CNC2CCCCC21. The number of quaternary nitrogens is 1. The van der Waals surface area contributed by atoms with Crippen molar-refractivity contribution in [1.82, 2.24) is 5.32 Å². The van der Waals surface area contributed by atoms with E-state index in [0.717, 1.165) is 6.42 Å². The largest absolute Gasteiger partial charge is 0.633 e. The fraction of sp³-hybridized carbons (Fsp3) is 1.00. The van der Waals surface area contributed by atoms with Crippen LogP contribution in [-0.2, 0) is 0 Å². The first kappa shape index (κ1) is 6.58. The van der Waals surface area contributed by atoms with Gasteiger partial charge in [-0.1, -0.05) is 6.42 Å². The molecule has 0 spiro atoms. The Bertz CT molecular complexity index is 127. The zero-order valence-electron chi connectivity index (χ0n) is 6.10. The molecule has 0 aromatic rings. The van der Waals surface area contributed by atoms with Crippen molar-refractivity contribution in [1.29, 1.82) is 0 Å². The van der Waals surface area contributed by atoms with Gasteiger partial charge < -0.3 is 10.3 Å². The molecule has 10 heavy (non-hydrogen) atoms. The highest BCUT2D eigenvalue weighted by molar-refractivity contribution is 4.83. The van der Waals surface area contributed by atoms with Crippen molar-refractivity contribution in [3.05, 3.63) is 5.21 Å². The smallest absolute Gasteiger partial charge is 0.131 e. The first-order chi connectivity index (χ1) is 4.88. The molecule has 2 rings (SSSR count). The van der Waals surface area contributed by atoms with Crippen molar-refractivity contribution in [2.45, 2.75) is 37.8 Å². The van der Waals surface area contributed by atoms with Gasteiger partial charge in [0.1, 0.15) is 12.7 Å². The fourth-order valence-electron chi connectivity index (χ4n) is 2.12. The van der Waals surface area contributed by atoms with E-state index in [2.05, 4.69) is 5.32 Å². The van der Waals surface area contributed by atoms with Crippen molar-refractivity contribution in [2.24, 2.45) is 0 Å². The predicted molar refractivity (Wildman–Crippen MR) is 38.4 cm³/mol. The summed E-state index contributed by atoms with van der Waals surface area (Å²) in [4.78, 5) is 0. The molecular formula is C7H14N2O. The molecule has 0 amide bonds. The second-order valence-corrected chi connectivity index (χ2v) is 3.34. The number of fused-ring (bicyclic) bond motifs is 1. The molecule has 3 heteroatoms. The summed E-state index contributed by atoms with van der Waals surface area (Å²) in [7, 11) is 0.